The number of amides is 2. The molecule has 10 heteroatoms. The van der Waals surface area contributed by atoms with Crippen LogP contribution in [0.25, 0.3) is 0 Å². The average molecular weight is 418 g/mol. The number of nitrogens with one attached hydrogen (secondary N) is 1. The van der Waals surface area contributed by atoms with Crippen LogP contribution in [0, 0.1) is 0 Å². The molecule has 1 aromatic rings. The largest absolute Gasteiger partial charge is 0.474 e. The van der Waals surface area contributed by atoms with Gasteiger partial charge in [0.15, 0.2) is 17.7 Å². The number of pyridine rings is 1. The van der Waals surface area contributed by atoms with Crippen LogP contribution in [-0.4, -0.2) is 53.2 Å². The van der Waals surface area contributed by atoms with Gasteiger partial charge < -0.3 is 29.8 Å². The summed E-state index contributed by atoms with van der Waals surface area (Å²) in [6.07, 6.45) is 8.68. The predicted molar refractivity (Wildman–Crippen MR) is 109 cm³/mol. The summed E-state index contributed by atoms with van der Waals surface area (Å²) < 4.78 is 12.4. The zero-order valence-electron chi connectivity index (χ0n) is 15.8. The zero-order valence-corrected chi connectivity index (χ0v) is 17.0. The molecule has 2 aliphatic heterocycles. The topological polar surface area (TPSA) is 116 Å². The number of nitrogens with two attached hydrogens (primary N) is 1. The molecule has 1 saturated heterocycles. The van der Waals surface area contributed by atoms with E-state index in [0.29, 0.717) is 13.2 Å². The van der Waals surface area contributed by atoms with Gasteiger partial charge in [-0.25, -0.2) is 0 Å². The van der Waals surface area contributed by atoms with E-state index in [1.165, 1.54) is 6.20 Å². The molecule has 1 aromatic heterocycles. The van der Waals surface area contributed by atoms with Gasteiger partial charge in [0.1, 0.15) is 5.56 Å². The van der Waals surface area contributed by atoms with Gasteiger partial charge in [0.2, 0.25) is 5.43 Å². The maximum Gasteiger partial charge on any atom is 0.276 e. The second-order valence-electron chi connectivity index (χ2n) is 7.18. The SMILES string of the molecule is NC[C@H]1CO[C@@H]2Cn3cc(C(=O)NCC4=CC=CCC4)c(=O)c(OP)c3C(=O)N12. The first-order chi connectivity index (χ1) is 14.0. The third-order valence-corrected chi connectivity index (χ3v) is 5.66. The van der Waals surface area contributed by atoms with Crippen molar-refractivity contribution in [3.05, 3.63) is 51.5 Å². The van der Waals surface area contributed by atoms with Gasteiger partial charge in [0.05, 0.1) is 28.7 Å². The van der Waals surface area contributed by atoms with Gasteiger partial charge in [-0.3, -0.25) is 14.4 Å². The number of carbonyl (C=O) groups excluding carboxylic acids is 2. The van der Waals surface area contributed by atoms with Crippen LogP contribution in [0.1, 0.15) is 33.7 Å². The van der Waals surface area contributed by atoms with Crippen molar-refractivity contribution in [2.75, 3.05) is 19.7 Å². The molecule has 29 heavy (non-hydrogen) atoms. The fourth-order valence-corrected chi connectivity index (χ4v) is 4.11. The highest BCUT2D eigenvalue weighted by atomic mass is 31.0. The number of ether oxygens (including phenoxy) is 1. The number of rotatable bonds is 5. The van der Waals surface area contributed by atoms with Gasteiger partial charge in [-0.2, -0.15) is 0 Å². The van der Waals surface area contributed by atoms with Crippen molar-refractivity contribution in [2.45, 2.75) is 31.7 Å². The number of fused-ring (bicyclic) bond motifs is 2. The highest BCUT2D eigenvalue weighted by Crippen LogP contribution is 2.30. The number of nitrogens with zero attached hydrogens (tertiary/aromatic N) is 2. The zero-order chi connectivity index (χ0) is 20.5. The Morgan fingerprint density at radius 1 is 1.41 bits per heavy atom. The van der Waals surface area contributed by atoms with Gasteiger partial charge in [-0.15, -0.1) is 0 Å². The molecule has 0 saturated carbocycles. The molecule has 0 aromatic carbocycles. The third-order valence-electron chi connectivity index (χ3n) is 5.42. The van der Waals surface area contributed by atoms with Crippen molar-refractivity contribution in [1.29, 1.82) is 0 Å². The number of allylic oxidation sites excluding steroid dienone is 3. The molecule has 3 atom stereocenters. The quantitative estimate of drug-likeness (QED) is 0.659. The highest BCUT2D eigenvalue weighted by molar-refractivity contribution is 7.10. The minimum atomic E-state index is -0.627. The standard InChI is InChI=1S/C19H23N4O5P/c20-6-12-10-27-14-9-22-8-13(18(25)21-7-11-4-2-1-3-5-11)16(24)17(28-29)15(22)19(26)23(12)14/h1-2,4,8,12,14H,3,5-7,9-10,20,29H2,(H,21,25)/t12-,14+/m0/s1. The lowest BCUT2D eigenvalue weighted by molar-refractivity contribution is 0.00618. The summed E-state index contributed by atoms with van der Waals surface area (Å²) in [5, 5.41) is 2.78. The highest BCUT2D eigenvalue weighted by Gasteiger charge is 2.44. The van der Waals surface area contributed by atoms with E-state index in [-0.39, 0.29) is 36.1 Å². The van der Waals surface area contributed by atoms with E-state index in [1.807, 2.05) is 21.6 Å². The molecule has 3 aliphatic rings. The van der Waals surface area contributed by atoms with Crippen molar-refractivity contribution >= 4 is 21.3 Å². The van der Waals surface area contributed by atoms with Crippen molar-refractivity contribution < 1.29 is 18.8 Å². The molecule has 9 nitrogen and oxygen atoms in total. The van der Waals surface area contributed by atoms with Crippen LogP contribution in [0.4, 0.5) is 0 Å². The minimum absolute atomic E-state index is 0.0761. The lowest BCUT2D eigenvalue weighted by Gasteiger charge is -2.34. The molecule has 3 heterocycles. The summed E-state index contributed by atoms with van der Waals surface area (Å²) in [7, 11) is 1.98. The van der Waals surface area contributed by atoms with Crippen LogP contribution in [0.5, 0.6) is 5.75 Å². The Morgan fingerprint density at radius 2 is 2.24 bits per heavy atom. The average Bonchev–Trinajstić information content (AvgIpc) is 3.16. The predicted octanol–water partition coefficient (Wildman–Crippen LogP) is 0.163. The summed E-state index contributed by atoms with van der Waals surface area (Å²) in [5.74, 6) is -1.07. The van der Waals surface area contributed by atoms with Gasteiger partial charge in [-0.1, -0.05) is 23.8 Å². The molecule has 1 aliphatic carbocycles. The van der Waals surface area contributed by atoms with E-state index in [9.17, 15) is 14.4 Å². The van der Waals surface area contributed by atoms with Crippen LogP contribution in [-0.2, 0) is 11.3 Å². The maximum atomic E-state index is 13.0. The van der Waals surface area contributed by atoms with E-state index >= 15 is 0 Å². The second-order valence-corrected chi connectivity index (χ2v) is 7.42. The van der Waals surface area contributed by atoms with Crippen LogP contribution in [0.2, 0.25) is 0 Å². The van der Waals surface area contributed by atoms with E-state index in [4.69, 9.17) is 15.0 Å². The molecule has 3 N–H and O–H groups in total. The maximum absolute atomic E-state index is 13.0. The van der Waals surface area contributed by atoms with Gasteiger partial charge in [0.25, 0.3) is 11.8 Å². The first kappa shape index (κ1) is 19.8. The van der Waals surface area contributed by atoms with Crippen molar-refractivity contribution in [3.63, 3.8) is 0 Å². The summed E-state index contributed by atoms with van der Waals surface area (Å²) in [5.41, 5.74) is 6.22. The van der Waals surface area contributed by atoms with Crippen LogP contribution < -0.4 is 21.0 Å². The van der Waals surface area contributed by atoms with E-state index < -0.39 is 23.5 Å². The monoisotopic (exact) mass is 418 g/mol. The van der Waals surface area contributed by atoms with E-state index in [1.54, 1.807) is 9.47 Å². The summed E-state index contributed by atoms with van der Waals surface area (Å²) in [6.45, 7) is 1.24. The molecule has 0 radical (unpaired) electrons. The fourth-order valence-electron chi connectivity index (χ4n) is 3.89. The van der Waals surface area contributed by atoms with Crippen LogP contribution in [0.3, 0.4) is 0 Å². The summed E-state index contributed by atoms with van der Waals surface area (Å²) >= 11 is 0. The number of aromatic nitrogens is 1. The molecule has 1 unspecified atom stereocenters. The van der Waals surface area contributed by atoms with Crippen molar-refractivity contribution in [2.24, 2.45) is 5.73 Å². The van der Waals surface area contributed by atoms with Crippen molar-refractivity contribution in [3.8, 4) is 5.75 Å². The Balaban J connectivity index is 1.65. The smallest absolute Gasteiger partial charge is 0.276 e. The molecule has 2 amide bonds. The number of hydrogen-bond donors (Lipinski definition) is 2. The van der Waals surface area contributed by atoms with E-state index in [2.05, 4.69) is 11.4 Å². The van der Waals surface area contributed by atoms with Gasteiger partial charge in [0, 0.05) is 19.3 Å². The Hall–Kier alpha value is -2.48. The van der Waals surface area contributed by atoms with Crippen molar-refractivity contribution in [1.82, 2.24) is 14.8 Å². The molecular formula is C19H23N4O5P. The third kappa shape index (κ3) is 3.50. The van der Waals surface area contributed by atoms with Gasteiger partial charge in [-0.05, 0) is 12.8 Å². The van der Waals surface area contributed by atoms with Gasteiger partial charge >= 0.3 is 0 Å². The molecular weight excluding hydrogens is 395 g/mol. The van der Waals surface area contributed by atoms with Crippen LogP contribution >= 0.6 is 9.47 Å². The van der Waals surface area contributed by atoms with Crippen LogP contribution in [0.15, 0.2) is 34.8 Å². The second kappa shape index (κ2) is 8.10. The summed E-state index contributed by atoms with van der Waals surface area (Å²) in [6, 6.07) is -0.255. The Morgan fingerprint density at radius 3 is 2.93 bits per heavy atom. The number of carbonyl (C=O) groups is 2. The summed E-state index contributed by atoms with van der Waals surface area (Å²) in [4.78, 5) is 40.2. The Labute approximate surface area is 169 Å². The molecule has 154 valence electrons. The lowest BCUT2D eigenvalue weighted by atomic mass is 10.1. The minimum Gasteiger partial charge on any atom is -0.474 e. The normalized spacial score (nSPS) is 22.8. The first-order valence-electron chi connectivity index (χ1n) is 9.46. The number of hydrogen-bond acceptors (Lipinski definition) is 6. The first-order valence-corrected chi connectivity index (χ1v) is 9.93. The molecule has 4 rings (SSSR count). The fraction of sp³-hybridized carbons (Fsp3) is 0.421. The molecule has 0 spiro atoms. The Kier molecular flexibility index (Phi) is 5.54. The lowest BCUT2D eigenvalue weighted by Crippen LogP contribution is -2.51. The molecule has 1 fully saturated rings. The van der Waals surface area contributed by atoms with E-state index in [0.717, 1.165) is 18.4 Å². The Bertz CT molecular complexity index is 970. The molecule has 0 bridgehead atoms.